The molecule has 0 fully saturated rings. The molecule has 6 heteroatoms. The van der Waals surface area contributed by atoms with E-state index < -0.39 is 6.10 Å². The van der Waals surface area contributed by atoms with E-state index in [1.807, 2.05) is 25.1 Å². The second-order valence-electron chi connectivity index (χ2n) is 10.2. The molecule has 0 aliphatic heterocycles. The quantitative estimate of drug-likeness (QED) is 0.449. The number of benzene rings is 2. The molecule has 0 saturated carbocycles. The van der Waals surface area contributed by atoms with Crippen LogP contribution in [-0.2, 0) is 29.6 Å². The molecule has 6 nitrogen and oxygen atoms in total. The summed E-state index contributed by atoms with van der Waals surface area (Å²) in [5.74, 6) is 1.57. The van der Waals surface area contributed by atoms with Gasteiger partial charge in [0.25, 0.3) is 5.91 Å². The number of rotatable bonds is 7. The third-order valence-corrected chi connectivity index (χ3v) is 6.47. The average molecular weight is 462 g/mol. The van der Waals surface area contributed by atoms with Crippen molar-refractivity contribution < 1.29 is 14.1 Å². The van der Waals surface area contributed by atoms with Crippen molar-refractivity contribution in [2.45, 2.75) is 77.9 Å². The van der Waals surface area contributed by atoms with E-state index in [9.17, 15) is 4.79 Å². The smallest absolute Gasteiger partial charge is 0.263 e. The fourth-order valence-electron chi connectivity index (χ4n) is 4.34. The van der Waals surface area contributed by atoms with Crippen LogP contribution in [0.5, 0.6) is 5.75 Å². The zero-order chi connectivity index (χ0) is 24.3. The van der Waals surface area contributed by atoms with Gasteiger partial charge in [0.05, 0.1) is 6.54 Å². The molecule has 0 radical (unpaired) electrons. The summed E-state index contributed by atoms with van der Waals surface area (Å²) in [6.45, 7) is 8.73. The monoisotopic (exact) mass is 461 g/mol. The van der Waals surface area contributed by atoms with Crippen molar-refractivity contribution in [1.29, 1.82) is 0 Å². The highest BCUT2D eigenvalue weighted by Crippen LogP contribution is 2.27. The highest BCUT2D eigenvalue weighted by Gasteiger charge is 2.25. The van der Waals surface area contributed by atoms with E-state index in [-0.39, 0.29) is 17.9 Å². The molecular formula is C28H35N3O3. The molecule has 1 heterocycles. The Morgan fingerprint density at radius 1 is 1.09 bits per heavy atom. The minimum Gasteiger partial charge on any atom is -0.481 e. The third-order valence-electron chi connectivity index (χ3n) is 6.47. The maximum absolute atomic E-state index is 13.1. The fraction of sp³-hybridized carbons (Fsp3) is 0.464. The summed E-state index contributed by atoms with van der Waals surface area (Å²) >= 11 is 0. The molecule has 0 N–H and O–H groups in total. The Kier molecular flexibility index (Phi) is 7.05. The normalized spacial score (nSPS) is 14.4. The van der Waals surface area contributed by atoms with Gasteiger partial charge in [-0.3, -0.25) is 4.79 Å². The van der Waals surface area contributed by atoms with E-state index in [1.165, 1.54) is 29.5 Å². The van der Waals surface area contributed by atoms with Crippen molar-refractivity contribution in [3.05, 3.63) is 65.0 Å². The van der Waals surface area contributed by atoms with Gasteiger partial charge >= 0.3 is 0 Å². The van der Waals surface area contributed by atoms with Crippen molar-refractivity contribution in [2.24, 2.45) is 0 Å². The number of likely N-dealkylation sites (N-methyl/N-ethyl adjacent to an activating group) is 1. The van der Waals surface area contributed by atoms with E-state index >= 15 is 0 Å². The Morgan fingerprint density at radius 2 is 1.79 bits per heavy atom. The molecule has 180 valence electrons. The number of fused-ring (bicyclic) bond motifs is 1. The van der Waals surface area contributed by atoms with Gasteiger partial charge in [0, 0.05) is 12.6 Å². The summed E-state index contributed by atoms with van der Waals surface area (Å²) < 4.78 is 11.5. The van der Waals surface area contributed by atoms with Crippen LogP contribution in [0.1, 0.15) is 69.5 Å². The van der Waals surface area contributed by atoms with E-state index in [2.05, 4.69) is 55.2 Å². The van der Waals surface area contributed by atoms with Gasteiger partial charge in [0.15, 0.2) is 6.10 Å². The van der Waals surface area contributed by atoms with Crippen molar-refractivity contribution >= 4 is 5.91 Å². The zero-order valence-corrected chi connectivity index (χ0v) is 20.9. The first-order chi connectivity index (χ1) is 16.2. The Morgan fingerprint density at radius 3 is 2.47 bits per heavy atom. The number of hydrogen-bond donors (Lipinski definition) is 0. The van der Waals surface area contributed by atoms with Crippen molar-refractivity contribution in [3.63, 3.8) is 0 Å². The van der Waals surface area contributed by atoms with Crippen molar-refractivity contribution in [3.8, 4) is 17.1 Å². The Balaban J connectivity index is 1.39. The maximum Gasteiger partial charge on any atom is 0.263 e. The second-order valence-corrected chi connectivity index (χ2v) is 10.2. The predicted octanol–water partition coefficient (Wildman–Crippen LogP) is 5.73. The van der Waals surface area contributed by atoms with Gasteiger partial charge in [0.2, 0.25) is 11.7 Å². The number of ether oxygens (including phenoxy) is 1. The first kappa shape index (κ1) is 24.0. The van der Waals surface area contributed by atoms with Crippen LogP contribution in [0.25, 0.3) is 11.4 Å². The molecule has 0 saturated heterocycles. The molecule has 0 spiro atoms. The van der Waals surface area contributed by atoms with Crippen molar-refractivity contribution in [2.75, 3.05) is 7.05 Å². The predicted molar refractivity (Wildman–Crippen MR) is 133 cm³/mol. The molecule has 1 aromatic heterocycles. The Bertz CT molecular complexity index is 1130. The van der Waals surface area contributed by atoms with E-state index in [1.54, 1.807) is 11.9 Å². The number of hydrogen-bond acceptors (Lipinski definition) is 5. The summed E-state index contributed by atoms with van der Waals surface area (Å²) in [6, 6.07) is 14.4. The molecule has 34 heavy (non-hydrogen) atoms. The molecule has 4 rings (SSSR count). The van der Waals surface area contributed by atoms with Gasteiger partial charge in [-0.15, -0.1) is 0 Å². The standard InChI is InChI=1S/C28H35N3O3/c1-6-24(33-23-16-13-19-9-7-8-10-21(19)17-23)27(32)31(5)18-25-29-26(30-34-25)20-11-14-22(15-12-20)28(2,3)4/h11-17,24H,6-10,18H2,1-5H3/t24-/m1/s1. The van der Waals surface area contributed by atoms with Gasteiger partial charge in [-0.1, -0.05) is 63.2 Å². The highest BCUT2D eigenvalue weighted by atomic mass is 16.5. The summed E-state index contributed by atoms with van der Waals surface area (Å²) in [7, 11) is 1.74. The molecule has 1 aliphatic carbocycles. The first-order valence-corrected chi connectivity index (χ1v) is 12.2. The van der Waals surface area contributed by atoms with Gasteiger partial charge in [0.1, 0.15) is 5.75 Å². The zero-order valence-electron chi connectivity index (χ0n) is 20.9. The molecule has 0 bridgehead atoms. The summed E-state index contributed by atoms with van der Waals surface area (Å²) in [4.78, 5) is 19.2. The first-order valence-electron chi connectivity index (χ1n) is 12.2. The lowest BCUT2D eigenvalue weighted by molar-refractivity contribution is -0.138. The minimum absolute atomic E-state index is 0.0843. The van der Waals surface area contributed by atoms with Gasteiger partial charge in [-0.25, -0.2) is 0 Å². The largest absolute Gasteiger partial charge is 0.481 e. The van der Waals surface area contributed by atoms with Crippen LogP contribution in [0, 0.1) is 0 Å². The topological polar surface area (TPSA) is 68.5 Å². The molecule has 1 amide bonds. The molecule has 1 atom stereocenters. The number of nitrogens with zero attached hydrogens (tertiary/aromatic N) is 3. The summed E-state index contributed by atoms with van der Waals surface area (Å²) in [6.07, 6.45) is 4.68. The average Bonchev–Trinajstić information content (AvgIpc) is 3.30. The number of aryl methyl sites for hydroxylation is 2. The van der Waals surface area contributed by atoms with Crippen LogP contribution in [0.3, 0.4) is 0 Å². The lowest BCUT2D eigenvalue weighted by Crippen LogP contribution is -2.39. The van der Waals surface area contributed by atoms with Crippen LogP contribution in [0.4, 0.5) is 0 Å². The second kappa shape index (κ2) is 10.00. The fourth-order valence-corrected chi connectivity index (χ4v) is 4.34. The number of amides is 1. The third kappa shape index (κ3) is 5.49. The Hall–Kier alpha value is -3.15. The van der Waals surface area contributed by atoms with Crippen LogP contribution in [-0.4, -0.2) is 34.1 Å². The molecule has 2 aromatic carbocycles. The highest BCUT2D eigenvalue weighted by molar-refractivity contribution is 5.81. The van der Waals surface area contributed by atoms with Crippen LogP contribution in [0.2, 0.25) is 0 Å². The van der Waals surface area contributed by atoms with Gasteiger partial charge in [-0.2, -0.15) is 4.98 Å². The van der Waals surface area contributed by atoms with Crippen LogP contribution in [0.15, 0.2) is 47.0 Å². The lowest BCUT2D eigenvalue weighted by Gasteiger charge is -2.24. The number of carbonyl (C=O) groups excluding carboxylic acids is 1. The van der Waals surface area contributed by atoms with E-state index in [0.29, 0.717) is 18.1 Å². The minimum atomic E-state index is -0.557. The van der Waals surface area contributed by atoms with Gasteiger partial charge < -0.3 is 14.2 Å². The summed E-state index contributed by atoms with van der Waals surface area (Å²) in [5.41, 5.74) is 4.96. The van der Waals surface area contributed by atoms with Gasteiger partial charge in [-0.05, 0) is 66.3 Å². The molecular weight excluding hydrogens is 426 g/mol. The SMILES string of the molecule is CC[C@@H](Oc1ccc2c(c1)CCCC2)C(=O)N(C)Cc1nc(-c2ccc(C(C)(C)C)cc2)no1. The molecule has 0 unspecified atom stereocenters. The van der Waals surface area contributed by atoms with Crippen molar-refractivity contribution in [1.82, 2.24) is 15.0 Å². The lowest BCUT2D eigenvalue weighted by atomic mass is 9.87. The Labute approximate surface area is 202 Å². The molecule has 1 aliphatic rings. The maximum atomic E-state index is 13.1. The van der Waals surface area contributed by atoms with Crippen LogP contribution >= 0.6 is 0 Å². The van der Waals surface area contributed by atoms with E-state index in [0.717, 1.165) is 24.2 Å². The number of aromatic nitrogens is 2. The summed E-state index contributed by atoms with van der Waals surface area (Å²) in [5, 5.41) is 4.11. The van der Waals surface area contributed by atoms with Crippen LogP contribution < -0.4 is 4.74 Å². The molecule has 3 aromatic rings. The number of carbonyl (C=O) groups is 1. The van der Waals surface area contributed by atoms with E-state index in [4.69, 9.17) is 9.26 Å².